The molecule has 0 bridgehead atoms. The minimum Gasteiger partial charge on any atom is -0.317 e. The van der Waals surface area contributed by atoms with E-state index in [0.29, 0.717) is 11.1 Å². The second-order valence-electron chi connectivity index (χ2n) is 5.84. The van der Waals surface area contributed by atoms with Gasteiger partial charge in [-0.15, -0.1) is 0 Å². The minimum absolute atomic E-state index is 0.174. The first-order chi connectivity index (χ1) is 9.87. The normalized spacial score (nSPS) is 17.1. The van der Waals surface area contributed by atoms with Gasteiger partial charge in [0.1, 0.15) is 5.82 Å². The summed E-state index contributed by atoms with van der Waals surface area (Å²) in [6.45, 7) is 5.37. The Bertz CT molecular complexity index is 573. The number of benzene rings is 1. The molecule has 0 saturated carbocycles. The largest absolute Gasteiger partial charge is 0.317 e. The van der Waals surface area contributed by atoms with Gasteiger partial charge in [-0.3, -0.25) is 0 Å². The summed E-state index contributed by atoms with van der Waals surface area (Å²) in [5.74, 6) is 0.171. The van der Waals surface area contributed by atoms with E-state index in [-0.39, 0.29) is 24.0 Å². The molecule has 1 heterocycles. The maximum Gasteiger partial charge on any atom is 0.212 e. The van der Waals surface area contributed by atoms with Gasteiger partial charge < -0.3 is 5.32 Å². The van der Waals surface area contributed by atoms with E-state index in [4.69, 9.17) is 0 Å². The molecular formula is C15H23FN2O2S. The lowest BCUT2D eigenvalue weighted by atomic mass is 10.0. The van der Waals surface area contributed by atoms with Crippen LogP contribution in [0.1, 0.15) is 29.5 Å². The summed E-state index contributed by atoms with van der Waals surface area (Å²) < 4.78 is 40.4. The molecule has 1 aliphatic heterocycles. The number of hydrogen-bond donors (Lipinski definition) is 2. The Kier molecular flexibility index (Phi) is 5.35. The number of sulfonamides is 1. The lowest BCUT2D eigenvalue weighted by molar-refractivity contribution is 0.400. The molecule has 118 valence electrons. The Balaban J connectivity index is 1.95. The summed E-state index contributed by atoms with van der Waals surface area (Å²) >= 11 is 0. The van der Waals surface area contributed by atoms with Crippen molar-refractivity contribution in [2.45, 2.75) is 33.2 Å². The summed E-state index contributed by atoms with van der Waals surface area (Å²) in [4.78, 5) is 0. The van der Waals surface area contributed by atoms with Gasteiger partial charge in [-0.05, 0) is 62.4 Å². The van der Waals surface area contributed by atoms with Crippen LogP contribution in [0.4, 0.5) is 4.39 Å². The van der Waals surface area contributed by atoms with Crippen molar-refractivity contribution in [2.75, 3.05) is 18.8 Å². The fourth-order valence-corrected chi connectivity index (χ4v) is 4.21. The Labute approximate surface area is 126 Å². The van der Waals surface area contributed by atoms with Gasteiger partial charge in [-0.2, -0.15) is 0 Å². The molecule has 0 radical (unpaired) electrons. The van der Waals surface area contributed by atoms with Gasteiger partial charge in [0.05, 0.1) is 5.75 Å². The molecule has 1 fully saturated rings. The molecular weight excluding hydrogens is 291 g/mol. The van der Waals surface area contributed by atoms with E-state index in [1.807, 2.05) is 0 Å². The zero-order chi connectivity index (χ0) is 15.5. The summed E-state index contributed by atoms with van der Waals surface area (Å²) in [5, 5.41) is 3.23. The molecule has 0 amide bonds. The first-order valence-electron chi connectivity index (χ1n) is 7.31. The van der Waals surface area contributed by atoms with Crippen molar-refractivity contribution in [2.24, 2.45) is 5.92 Å². The molecule has 2 rings (SSSR count). The molecule has 0 spiro atoms. The molecule has 0 aromatic heterocycles. The van der Waals surface area contributed by atoms with Crippen LogP contribution < -0.4 is 10.0 Å². The van der Waals surface area contributed by atoms with E-state index in [9.17, 15) is 12.8 Å². The highest BCUT2D eigenvalue weighted by molar-refractivity contribution is 7.89. The third-order valence-electron chi connectivity index (χ3n) is 3.91. The Morgan fingerprint density at radius 3 is 2.38 bits per heavy atom. The van der Waals surface area contributed by atoms with Gasteiger partial charge in [0.15, 0.2) is 0 Å². The van der Waals surface area contributed by atoms with Gasteiger partial charge >= 0.3 is 0 Å². The van der Waals surface area contributed by atoms with Crippen LogP contribution in [0.25, 0.3) is 0 Å². The van der Waals surface area contributed by atoms with E-state index in [1.165, 1.54) is 0 Å². The van der Waals surface area contributed by atoms with Crippen molar-refractivity contribution in [3.63, 3.8) is 0 Å². The monoisotopic (exact) mass is 314 g/mol. The molecule has 0 aliphatic carbocycles. The Morgan fingerprint density at radius 2 is 1.81 bits per heavy atom. The standard InChI is InChI=1S/C15H23FN2O2S/c1-11-7-14(8-12(2)15(11)16)9-18-21(19,20)10-13-3-5-17-6-4-13/h7-8,13,17-18H,3-6,9-10H2,1-2H3. The van der Waals surface area contributed by atoms with E-state index in [2.05, 4.69) is 10.0 Å². The molecule has 2 N–H and O–H groups in total. The maximum atomic E-state index is 13.5. The van der Waals surface area contributed by atoms with Gasteiger partial charge in [-0.25, -0.2) is 17.5 Å². The number of hydrogen-bond acceptors (Lipinski definition) is 3. The molecule has 1 aromatic rings. The SMILES string of the molecule is Cc1cc(CNS(=O)(=O)CC2CCNCC2)cc(C)c1F. The highest BCUT2D eigenvalue weighted by Crippen LogP contribution is 2.16. The number of piperidine rings is 1. The third kappa shape index (κ3) is 4.76. The molecule has 0 unspecified atom stereocenters. The summed E-state index contributed by atoms with van der Waals surface area (Å²) in [7, 11) is -3.29. The lowest BCUT2D eigenvalue weighted by Gasteiger charge is -2.22. The van der Waals surface area contributed by atoms with Gasteiger partial charge in [-0.1, -0.05) is 12.1 Å². The average molecular weight is 314 g/mol. The highest BCUT2D eigenvalue weighted by Gasteiger charge is 2.21. The lowest BCUT2D eigenvalue weighted by Crippen LogP contribution is -2.35. The van der Waals surface area contributed by atoms with Crippen molar-refractivity contribution in [1.29, 1.82) is 0 Å². The van der Waals surface area contributed by atoms with Crippen molar-refractivity contribution in [3.05, 3.63) is 34.6 Å². The van der Waals surface area contributed by atoms with Crippen molar-refractivity contribution in [1.82, 2.24) is 10.0 Å². The second kappa shape index (κ2) is 6.85. The predicted octanol–water partition coefficient (Wildman–Crippen LogP) is 1.86. The van der Waals surface area contributed by atoms with E-state index < -0.39 is 10.0 Å². The van der Waals surface area contributed by atoms with Crippen LogP contribution in [0, 0.1) is 25.6 Å². The molecule has 1 aromatic carbocycles. The number of aryl methyl sites for hydroxylation is 2. The van der Waals surface area contributed by atoms with Crippen LogP contribution in [0.5, 0.6) is 0 Å². The molecule has 4 nitrogen and oxygen atoms in total. The van der Waals surface area contributed by atoms with Gasteiger partial charge in [0.25, 0.3) is 0 Å². The predicted molar refractivity (Wildman–Crippen MR) is 82.1 cm³/mol. The van der Waals surface area contributed by atoms with Crippen molar-refractivity contribution in [3.8, 4) is 0 Å². The molecule has 1 aliphatic rings. The van der Waals surface area contributed by atoms with Crippen LogP contribution in [0.15, 0.2) is 12.1 Å². The second-order valence-corrected chi connectivity index (χ2v) is 7.69. The zero-order valence-electron chi connectivity index (χ0n) is 12.6. The molecule has 21 heavy (non-hydrogen) atoms. The summed E-state index contributed by atoms with van der Waals surface area (Å²) in [6.07, 6.45) is 1.80. The van der Waals surface area contributed by atoms with Crippen LogP contribution in [-0.4, -0.2) is 27.3 Å². The smallest absolute Gasteiger partial charge is 0.212 e. The van der Waals surface area contributed by atoms with Crippen LogP contribution in [0.2, 0.25) is 0 Å². The number of rotatable bonds is 5. The molecule has 6 heteroatoms. The molecule has 0 atom stereocenters. The number of nitrogens with one attached hydrogen (secondary N) is 2. The average Bonchev–Trinajstić information content (AvgIpc) is 2.43. The van der Waals surface area contributed by atoms with E-state index >= 15 is 0 Å². The summed E-state index contributed by atoms with van der Waals surface area (Å²) in [5.41, 5.74) is 1.88. The fraction of sp³-hybridized carbons (Fsp3) is 0.600. The van der Waals surface area contributed by atoms with Crippen LogP contribution >= 0.6 is 0 Å². The first-order valence-corrected chi connectivity index (χ1v) is 8.96. The first kappa shape index (κ1) is 16.4. The topological polar surface area (TPSA) is 58.2 Å². The fourth-order valence-electron chi connectivity index (χ4n) is 2.75. The van der Waals surface area contributed by atoms with Gasteiger partial charge in [0.2, 0.25) is 10.0 Å². The zero-order valence-corrected chi connectivity index (χ0v) is 13.4. The third-order valence-corrected chi connectivity index (χ3v) is 5.40. The highest BCUT2D eigenvalue weighted by atomic mass is 32.2. The van der Waals surface area contributed by atoms with E-state index in [0.717, 1.165) is 31.5 Å². The van der Waals surface area contributed by atoms with Crippen LogP contribution in [0.3, 0.4) is 0 Å². The maximum absolute atomic E-state index is 13.5. The molecule has 1 saturated heterocycles. The van der Waals surface area contributed by atoms with Gasteiger partial charge in [0, 0.05) is 6.54 Å². The van der Waals surface area contributed by atoms with E-state index in [1.54, 1.807) is 26.0 Å². The number of halogens is 1. The minimum atomic E-state index is -3.29. The van der Waals surface area contributed by atoms with Crippen molar-refractivity contribution >= 4 is 10.0 Å². The Hall–Kier alpha value is -0.980. The quantitative estimate of drug-likeness (QED) is 0.872. The Morgan fingerprint density at radius 1 is 1.24 bits per heavy atom. The van der Waals surface area contributed by atoms with Crippen molar-refractivity contribution < 1.29 is 12.8 Å². The van der Waals surface area contributed by atoms with Crippen LogP contribution in [-0.2, 0) is 16.6 Å². The summed E-state index contributed by atoms with van der Waals surface area (Å²) in [6, 6.07) is 3.38.